The molecule has 0 radical (unpaired) electrons. The Morgan fingerprint density at radius 2 is 1.79 bits per heavy atom. The van der Waals surface area contributed by atoms with Crippen LogP contribution in [0.4, 0.5) is 4.39 Å². The lowest BCUT2D eigenvalue weighted by Gasteiger charge is -2.25. The number of Topliss-reactive ketones (excluding diaryl/α,β-unsaturated/α-hetero) is 1. The maximum atomic E-state index is 13.6. The Morgan fingerprint density at radius 1 is 1.06 bits per heavy atom. The van der Waals surface area contributed by atoms with Crippen LogP contribution in [0.15, 0.2) is 72.6 Å². The number of hydrogen-bond donors (Lipinski definition) is 1. The van der Waals surface area contributed by atoms with Crippen molar-refractivity contribution < 1.29 is 28.6 Å². The van der Waals surface area contributed by atoms with Crippen molar-refractivity contribution in [2.75, 3.05) is 14.2 Å². The molecule has 1 aliphatic heterocycles. The van der Waals surface area contributed by atoms with Crippen molar-refractivity contribution in [3.05, 3.63) is 95.1 Å². The van der Waals surface area contributed by atoms with Crippen molar-refractivity contribution in [1.29, 1.82) is 0 Å². The van der Waals surface area contributed by atoms with Crippen molar-refractivity contribution >= 4 is 17.4 Å². The van der Waals surface area contributed by atoms with Gasteiger partial charge in [0, 0.05) is 24.5 Å². The van der Waals surface area contributed by atoms with E-state index in [4.69, 9.17) is 9.47 Å². The molecule has 1 aromatic heterocycles. The van der Waals surface area contributed by atoms with Gasteiger partial charge in [-0.05, 0) is 47.5 Å². The van der Waals surface area contributed by atoms with Gasteiger partial charge < -0.3 is 19.5 Å². The van der Waals surface area contributed by atoms with Crippen molar-refractivity contribution in [3.63, 3.8) is 0 Å². The van der Waals surface area contributed by atoms with E-state index in [1.165, 1.54) is 49.5 Å². The standard InChI is InChI=1S/C25H21FN2O5/c1-32-19-10-7-17(12-20(19)33-2)23(29)21-22(16-5-8-18(26)9-6-16)28(25(31)24(21)30)14-15-4-3-11-27-13-15/h3-13,22,29H,14H2,1-2H3/b23-21+/t22-/m0/s1. The van der Waals surface area contributed by atoms with E-state index in [0.29, 0.717) is 22.6 Å². The van der Waals surface area contributed by atoms with Gasteiger partial charge in [-0.3, -0.25) is 14.6 Å². The molecule has 1 saturated heterocycles. The normalized spacial score (nSPS) is 17.3. The first-order chi connectivity index (χ1) is 15.9. The molecule has 2 heterocycles. The number of amides is 1. The van der Waals surface area contributed by atoms with Gasteiger partial charge in [-0.1, -0.05) is 18.2 Å². The van der Waals surface area contributed by atoms with Gasteiger partial charge in [0.1, 0.15) is 11.6 Å². The maximum Gasteiger partial charge on any atom is 0.295 e. The van der Waals surface area contributed by atoms with E-state index < -0.39 is 23.5 Å². The Balaban J connectivity index is 1.86. The molecule has 0 unspecified atom stereocenters. The van der Waals surface area contributed by atoms with Crippen LogP contribution in [-0.4, -0.2) is 40.9 Å². The molecule has 0 bridgehead atoms. The lowest BCUT2D eigenvalue weighted by atomic mass is 9.95. The number of aromatic nitrogens is 1. The minimum atomic E-state index is -0.918. The monoisotopic (exact) mass is 448 g/mol. The zero-order chi connectivity index (χ0) is 23.5. The van der Waals surface area contributed by atoms with Crippen LogP contribution >= 0.6 is 0 Å². The van der Waals surface area contributed by atoms with E-state index in [-0.39, 0.29) is 23.4 Å². The molecule has 0 aliphatic carbocycles. The van der Waals surface area contributed by atoms with Crippen LogP contribution in [0.25, 0.3) is 5.76 Å². The minimum Gasteiger partial charge on any atom is -0.507 e. The summed E-state index contributed by atoms with van der Waals surface area (Å²) in [5, 5.41) is 11.2. The summed E-state index contributed by atoms with van der Waals surface area (Å²) in [7, 11) is 2.93. The van der Waals surface area contributed by atoms with Crippen molar-refractivity contribution in [2.45, 2.75) is 12.6 Å². The number of carbonyl (C=O) groups is 2. The highest BCUT2D eigenvalue weighted by molar-refractivity contribution is 6.46. The summed E-state index contributed by atoms with van der Waals surface area (Å²) in [6.07, 6.45) is 3.20. The second-order valence-corrected chi connectivity index (χ2v) is 7.41. The summed E-state index contributed by atoms with van der Waals surface area (Å²) in [6, 6.07) is 12.7. The third-order valence-electron chi connectivity index (χ3n) is 5.46. The molecule has 2 aromatic carbocycles. The first-order valence-corrected chi connectivity index (χ1v) is 10.1. The summed E-state index contributed by atoms with van der Waals surface area (Å²) in [6.45, 7) is 0.0865. The Bertz CT molecular complexity index is 1230. The molecular formula is C25H21FN2O5. The van der Waals surface area contributed by atoms with E-state index >= 15 is 0 Å². The molecule has 1 atom stereocenters. The van der Waals surface area contributed by atoms with Gasteiger partial charge in [0.2, 0.25) is 0 Å². The van der Waals surface area contributed by atoms with E-state index in [1.54, 1.807) is 36.7 Å². The highest BCUT2D eigenvalue weighted by Gasteiger charge is 2.46. The molecule has 33 heavy (non-hydrogen) atoms. The van der Waals surface area contributed by atoms with Gasteiger partial charge >= 0.3 is 0 Å². The molecule has 0 spiro atoms. The third kappa shape index (κ3) is 4.15. The highest BCUT2D eigenvalue weighted by Crippen LogP contribution is 2.41. The Morgan fingerprint density at radius 3 is 2.42 bits per heavy atom. The first-order valence-electron chi connectivity index (χ1n) is 10.1. The summed E-state index contributed by atoms with van der Waals surface area (Å²) in [5.41, 5.74) is 1.38. The number of pyridine rings is 1. The number of carbonyl (C=O) groups excluding carboxylic acids is 2. The molecule has 3 aromatic rings. The Labute approximate surface area is 189 Å². The number of benzene rings is 2. The molecule has 0 saturated carbocycles. The molecular weight excluding hydrogens is 427 g/mol. The fourth-order valence-electron chi connectivity index (χ4n) is 3.86. The second kappa shape index (κ2) is 9.12. The quantitative estimate of drug-likeness (QED) is 0.350. The van der Waals surface area contributed by atoms with Gasteiger partial charge in [-0.25, -0.2) is 4.39 Å². The average molecular weight is 448 g/mol. The van der Waals surface area contributed by atoms with Gasteiger partial charge in [0.05, 0.1) is 25.8 Å². The molecule has 1 N–H and O–H groups in total. The van der Waals surface area contributed by atoms with E-state index in [0.717, 1.165) is 0 Å². The van der Waals surface area contributed by atoms with Crippen LogP contribution in [0, 0.1) is 5.82 Å². The third-order valence-corrected chi connectivity index (χ3v) is 5.46. The SMILES string of the molecule is COc1ccc(/C(O)=C2\C(=O)C(=O)N(Cc3cccnc3)[C@H]2c2ccc(F)cc2)cc1OC. The largest absolute Gasteiger partial charge is 0.507 e. The predicted molar refractivity (Wildman–Crippen MR) is 118 cm³/mol. The molecule has 8 heteroatoms. The maximum absolute atomic E-state index is 13.6. The Kier molecular flexibility index (Phi) is 6.08. The fraction of sp³-hybridized carbons (Fsp3) is 0.160. The minimum absolute atomic E-state index is 0.0865. The lowest BCUT2D eigenvalue weighted by molar-refractivity contribution is -0.140. The van der Waals surface area contributed by atoms with Crippen LogP contribution < -0.4 is 9.47 Å². The number of ether oxygens (including phenoxy) is 2. The zero-order valence-corrected chi connectivity index (χ0v) is 18.0. The number of ketones is 1. The average Bonchev–Trinajstić information content (AvgIpc) is 3.09. The van der Waals surface area contributed by atoms with Crippen molar-refractivity contribution in [3.8, 4) is 11.5 Å². The van der Waals surface area contributed by atoms with Crippen molar-refractivity contribution in [1.82, 2.24) is 9.88 Å². The summed E-state index contributed by atoms with van der Waals surface area (Å²) in [4.78, 5) is 31.5. The zero-order valence-electron chi connectivity index (χ0n) is 18.0. The van der Waals surface area contributed by atoms with Crippen LogP contribution in [-0.2, 0) is 16.1 Å². The summed E-state index contributed by atoms with van der Waals surface area (Å²) in [5.74, 6) is -1.62. The number of aliphatic hydroxyl groups is 1. The van der Waals surface area contributed by atoms with E-state index in [1.807, 2.05) is 0 Å². The molecule has 4 rings (SSSR count). The topological polar surface area (TPSA) is 89.0 Å². The molecule has 168 valence electrons. The highest BCUT2D eigenvalue weighted by atomic mass is 19.1. The number of aliphatic hydroxyl groups excluding tert-OH is 1. The van der Waals surface area contributed by atoms with Crippen LogP contribution in [0.5, 0.6) is 11.5 Å². The fourth-order valence-corrected chi connectivity index (χ4v) is 3.86. The number of methoxy groups -OCH3 is 2. The van der Waals surface area contributed by atoms with Gasteiger partial charge in [0.15, 0.2) is 11.5 Å². The molecule has 1 fully saturated rings. The molecule has 7 nitrogen and oxygen atoms in total. The number of nitrogens with zero attached hydrogens (tertiary/aromatic N) is 2. The molecule has 1 amide bonds. The van der Waals surface area contributed by atoms with Crippen LogP contribution in [0.2, 0.25) is 0 Å². The smallest absolute Gasteiger partial charge is 0.295 e. The number of rotatable bonds is 6. The van der Waals surface area contributed by atoms with Gasteiger partial charge in [-0.15, -0.1) is 0 Å². The summed E-state index contributed by atoms with van der Waals surface area (Å²) >= 11 is 0. The number of likely N-dealkylation sites (tertiary alicyclic amines) is 1. The number of hydrogen-bond acceptors (Lipinski definition) is 6. The lowest BCUT2D eigenvalue weighted by Crippen LogP contribution is -2.29. The van der Waals surface area contributed by atoms with E-state index in [9.17, 15) is 19.1 Å². The summed E-state index contributed by atoms with van der Waals surface area (Å²) < 4.78 is 24.1. The van der Waals surface area contributed by atoms with Crippen LogP contribution in [0.1, 0.15) is 22.7 Å². The van der Waals surface area contributed by atoms with Gasteiger partial charge in [0.25, 0.3) is 11.7 Å². The Hall–Kier alpha value is -4.20. The predicted octanol–water partition coefficient (Wildman–Crippen LogP) is 3.86. The first kappa shape index (κ1) is 22.0. The van der Waals surface area contributed by atoms with Gasteiger partial charge in [-0.2, -0.15) is 0 Å². The second-order valence-electron chi connectivity index (χ2n) is 7.41. The molecule has 1 aliphatic rings. The van der Waals surface area contributed by atoms with Crippen molar-refractivity contribution in [2.24, 2.45) is 0 Å². The van der Waals surface area contributed by atoms with Crippen LogP contribution in [0.3, 0.4) is 0 Å². The van der Waals surface area contributed by atoms with E-state index in [2.05, 4.69) is 4.98 Å². The number of halogens is 1.